The molecule has 3 fully saturated rings. The zero-order valence-electron chi connectivity index (χ0n) is 14.9. The highest BCUT2D eigenvalue weighted by Crippen LogP contribution is 2.37. The molecule has 1 N–H and O–H groups in total. The molecule has 140 valence electrons. The van der Waals surface area contributed by atoms with Gasteiger partial charge in [0.1, 0.15) is 9.52 Å². The molecule has 3 unspecified atom stereocenters. The molecule has 0 aliphatic carbocycles. The van der Waals surface area contributed by atoms with Gasteiger partial charge in [-0.3, -0.25) is 10.00 Å². The molecule has 5 heterocycles. The zero-order chi connectivity index (χ0) is 17.7. The Balaban J connectivity index is 1.58. The number of H-pyrrole nitrogens is 1. The average molecular weight is 469 g/mol. The Morgan fingerprint density at radius 3 is 2.65 bits per heavy atom. The summed E-state index contributed by atoms with van der Waals surface area (Å²) in [7, 11) is 0. The van der Waals surface area contributed by atoms with Crippen molar-refractivity contribution in [3.63, 3.8) is 0 Å². The van der Waals surface area contributed by atoms with Crippen molar-refractivity contribution in [3.8, 4) is 0 Å². The Labute approximate surface area is 166 Å². The lowest BCUT2D eigenvalue weighted by Crippen LogP contribution is -2.46. The Hall–Kier alpha value is -0.970. The SMILES string of the molecule is CC(c1cc(N2C3CCC2COC3)nc2n[nH]c(I)c12)N1CCOCC1. The number of ether oxygens (including phenoxy) is 2. The first-order chi connectivity index (χ1) is 12.7. The molecule has 2 aromatic heterocycles. The van der Waals surface area contributed by atoms with E-state index >= 15 is 0 Å². The highest BCUT2D eigenvalue weighted by Gasteiger charge is 2.39. The number of hydrogen-bond donors (Lipinski definition) is 1. The number of morpholine rings is 2. The van der Waals surface area contributed by atoms with Crippen LogP contribution in [0.1, 0.15) is 31.4 Å². The summed E-state index contributed by atoms with van der Waals surface area (Å²) in [6.07, 6.45) is 2.38. The lowest BCUT2D eigenvalue weighted by Gasteiger charge is -2.37. The van der Waals surface area contributed by atoms with Crippen molar-refractivity contribution in [1.82, 2.24) is 20.1 Å². The van der Waals surface area contributed by atoms with E-state index in [1.807, 2.05) is 0 Å². The van der Waals surface area contributed by atoms with Gasteiger partial charge in [0.15, 0.2) is 5.65 Å². The van der Waals surface area contributed by atoms with E-state index in [0.717, 1.165) is 60.1 Å². The van der Waals surface area contributed by atoms with E-state index in [9.17, 15) is 0 Å². The van der Waals surface area contributed by atoms with Gasteiger partial charge in [0.25, 0.3) is 0 Å². The van der Waals surface area contributed by atoms with E-state index in [1.54, 1.807) is 0 Å². The maximum Gasteiger partial charge on any atom is 0.184 e. The van der Waals surface area contributed by atoms with Crippen molar-refractivity contribution in [1.29, 1.82) is 0 Å². The maximum atomic E-state index is 5.76. The summed E-state index contributed by atoms with van der Waals surface area (Å²) in [5.41, 5.74) is 2.14. The van der Waals surface area contributed by atoms with Crippen molar-refractivity contribution < 1.29 is 9.47 Å². The summed E-state index contributed by atoms with van der Waals surface area (Å²) < 4.78 is 12.4. The summed E-state index contributed by atoms with van der Waals surface area (Å²) in [6, 6.07) is 3.51. The van der Waals surface area contributed by atoms with Crippen LogP contribution in [0.4, 0.5) is 5.82 Å². The van der Waals surface area contributed by atoms with Crippen LogP contribution >= 0.6 is 22.6 Å². The van der Waals surface area contributed by atoms with E-state index in [-0.39, 0.29) is 0 Å². The Kier molecular flexibility index (Phi) is 4.54. The number of halogens is 1. The second-order valence-corrected chi connectivity index (χ2v) is 8.54. The van der Waals surface area contributed by atoms with Gasteiger partial charge in [0.05, 0.1) is 43.9 Å². The molecule has 3 atom stereocenters. The fourth-order valence-corrected chi connectivity index (χ4v) is 5.30. The number of nitrogens with one attached hydrogen (secondary N) is 1. The number of pyridine rings is 1. The van der Waals surface area contributed by atoms with Crippen molar-refractivity contribution in [3.05, 3.63) is 15.3 Å². The first kappa shape index (κ1) is 17.2. The number of fused-ring (bicyclic) bond motifs is 3. The summed E-state index contributed by atoms with van der Waals surface area (Å²) in [4.78, 5) is 9.91. The highest BCUT2D eigenvalue weighted by molar-refractivity contribution is 14.1. The molecule has 2 aromatic rings. The van der Waals surface area contributed by atoms with Crippen LogP contribution in [0.5, 0.6) is 0 Å². The summed E-state index contributed by atoms with van der Waals surface area (Å²) >= 11 is 2.33. The fourth-order valence-electron chi connectivity index (χ4n) is 4.63. The predicted molar refractivity (Wildman–Crippen MR) is 108 cm³/mol. The highest BCUT2D eigenvalue weighted by atomic mass is 127. The van der Waals surface area contributed by atoms with Gasteiger partial charge in [-0.05, 0) is 54.0 Å². The first-order valence-corrected chi connectivity index (χ1v) is 10.5. The number of aromatic amines is 1. The first-order valence-electron chi connectivity index (χ1n) is 9.45. The molecule has 3 saturated heterocycles. The predicted octanol–water partition coefficient (Wildman–Crippen LogP) is 2.32. The summed E-state index contributed by atoms with van der Waals surface area (Å²) in [6.45, 7) is 7.46. The number of hydrogen-bond acceptors (Lipinski definition) is 6. The van der Waals surface area contributed by atoms with Crippen LogP contribution in [0.2, 0.25) is 0 Å². The van der Waals surface area contributed by atoms with E-state index in [1.165, 1.54) is 18.4 Å². The smallest absolute Gasteiger partial charge is 0.184 e. The molecule has 5 rings (SSSR count). The molecule has 2 bridgehead atoms. The summed E-state index contributed by atoms with van der Waals surface area (Å²) in [5, 5.41) is 8.78. The Morgan fingerprint density at radius 2 is 1.92 bits per heavy atom. The van der Waals surface area contributed by atoms with Crippen LogP contribution in [-0.2, 0) is 9.47 Å². The van der Waals surface area contributed by atoms with Gasteiger partial charge in [-0.1, -0.05) is 0 Å². The minimum Gasteiger partial charge on any atom is -0.379 e. The maximum absolute atomic E-state index is 5.76. The largest absolute Gasteiger partial charge is 0.379 e. The van der Waals surface area contributed by atoms with E-state index < -0.39 is 0 Å². The normalized spacial score (nSPS) is 28.0. The van der Waals surface area contributed by atoms with Crippen LogP contribution < -0.4 is 4.90 Å². The third-order valence-electron chi connectivity index (χ3n) is 6.05. The number of nitrogens with zero attached hydrogens (tertiary/aromatic N) is 4. The molecule has 0 radical (unpaired) electrons. The molecule has 0 saturated carbocycles. The lowest BCUT2D eigenvalue weighted by molar-refractivity contribution is 0.0201. The lowest BCUT2D eigenvalue weighted by atomic mass is 10.0. The molecule has 7 nitrogen and oxygen atoms in total. The monoisotopic (exact) mass is 469 g/mol. The van der Waals surface area contributed by atoms with E-state index in [0.29, 0.717) is 18.1 Å². The Bertz CT molecular complexity index is 790. The molecule has 3 aliphatic heterocycles. The van der Waals surface area contributed by atoms with Gasteiger partial charge in [-0.2, -0.15) is 5.10 Å². The van der Waals surface area contributed by atoms with Crippen LogP contribution in [0.3, 0.4) is 0 Å². The van der Waals surface area contributed by atoms with Crippen LogP contribution in [-0.4, -0.2) is 71.7 Å². The average Bonchev–Trinajstić information content (AvgIpc) is 3.17. The minimum absolute atomic E-state index is 0.313. The third kappa shape index (κ3) is 2.81. The second-order valence-electron chi connectivity index (χ2n) is 7.46. The van der Waals surface area contributed by atoms with Gasteiger partial charge >= 0.3 is 0 Å². The summed E-state index contributed by atoms with van der Waals surface area (Å²) in [5.74, 6) is 1.06. The van der Waals surface area contributed by atoms with E-state index in [2.05, 4.69) is 55.6 Å². The van der Waals surface area contributed by atoms with Crippen LogP contribution in [0.15, 0.2) is 6.07 Å². The molecule has 3 aliphatic rings. The molecule has 8 heteroatoms. The number of rotatable bonds is 3. The van der Waals surface area contributed by atoms with Gasteiger partial charge in [-0.25, -0.2) is 4.98 Å². The Morgan fingerprint density at radius 1 is 1.19 bits per heavy atom. The van der Waals surface area contributed by atoms with Gasteiger partial charge in [-0.15, -0.1) is 0 Å². The molecule has 0 amide bonds. The molecule has 26 heavy (non-hydrogen) atoms. The molecular weight excluding hydrogens is 445 g/mol. The van der Waals surface area contributed by atoms with Crippen LogP contribution in [0, 0.1) is 3.70 Å². The van der Waals surface area contributed by atoms with Gasteiger partial charge < -0.3 is 14.4 Å². The fraction of sp³-hybridized carbons (Fsp3) is 0.667. The number of anilines is 1. The quantitative estimate of drug-likeness (QED) is 0.697. The topological polar surface area (TPSA) is 66.5 Å². The van der Waals surface area contributed by atoms with Crippen LogP contribution in [0.25, 0.3) is 11.0 Å². The second kappa shape index (κ2) is 6.88. The minimum atomic E-state index is 0.313. The standard InChI is InChI=1S/C18H24IN5O2/c1-11(23-4-6-25-7-5-23)14-8-15(20-18-16(14)17(19)21-22-18)24-12-2-3-13(24)10-26-9-12/h8,11-13H,2-7,9-10H2,1H3,(H,20,21,22). The number of aromatic nitrogens is 3. The van der Waals surface area contributed by atoms with Crippen molar-refractivity contribution in [2.45, 2.75) is 37.9 Å². The third-order valence-corrected chi connectivity index (χ3v) is 6.83. The van der Waals surface area contributed by atoms with Crippen molar-refractivity contribution in [2.24, 2.45) is 0 Å². The molecule has 0 aromatic carbocycles. The molecule has 0 spiro atoms. The van der Waals surface area contributed by atoms with Gasteiger partial charge in [0.2, 0.25) is 0 Å². The van der Waals surface area contributed by atoms with Gasteiger partial charge in [0, 0.05) is 19.1 Å². The van der Waals surface area contributed by atoms with Crippen molar-refractivity contribution >= 4 is 39.4 Å². The molecular formula is C18H24IN5O2. The van der Waals surface area contributed by atoms with Crippen molar-refractivity contribution in [2.75, 3.05) is 44.4 Å². The van der Waals surface area contributed by atoms with E-state index in [4.69, 9.17) is 14.5 Å². The zero-order valence-corrected chi connectivity index (χ0v) is 17.1.